The summed E-state index contributed by atoms with van der Waals surface area (Å²) in [6, 6.07) is 9.16. The van der Waals surface area contributed by atoms with Gasteiger partial charge in [-0.1, -0.05) is 29.8 Å². The van der Waals surface area contributed by atoms with Gasteiger partial charge in [0.1, 0.15) is 11.7 Å². The number of carbonyl (C=O) groups excluding carboxylic acids is 2. The molecule has 2 aliphatic heterocycles. The molecule has 1 aromatic heterocycles. The molecule has 1 fully saturated rings. The van der Waals surface area contributed by atoms with Crippen molar-refractivity contribution in [2.75, 3.05) is 18.4 Å². The van der Waals surface area contributed by atoms with E-state index in [1.54, 1.807) is 27.9 Å². The van der Waals surface area contributed by atoms with Crippen LogP contribution in [0.1, 0.15) is 67.2 Å². The molecule has 9 heteroatoms. The lowest BCUT2D eigenvalue weighted by molar-refractivity contribution is 0.0184. The molecule has 1 unspecified atom stereocenters. The Morgan fingerprint density at radius 2 is 1.94 bits per heavy atom. The van der Waals surface area contributed by atoms with Gasteiger partial charge in [-0.25, -0.2) is 4.79 Å². The molecule has 3 heterocycles. The number of aliphatic hydroxyl groups is 1. The van der Waals surface area contributed by atoms with Crippen molar-refractivity contribution in [3.63, 3.8) is 0 Å². The van der Waals surface area contributed by atoms with Crippen LogP contribution in [0.15, 0.2) is 36.5 Å². The zero-order valence-electron chi connectivity index (χ0n) is 19.3. The third-order valence-corrected chi connectivity index (χ3v) is 6.65. The van der Waals surface area contributed by atoms with Crippen LogP contribution in [-0.2, 0) is 4.74 Å². The fourth-order valence-corrected chi connectivity index (χ4v) is 4.95. The summed E-state index contributed by atoms with van der Waals surface area (Å²) in [5.41, 5.74) is 1.98. The maximum absolute atomic E-state index is 12.3. The van der Waals surface area contributed by atoms with Gasteiger partial charge < -0.3 is 20.1 Å². The molecule has 34 heavy (non-hydrogen) atoms. The molecule has 8 nitrogen and oxygen atoms in total. The van der Waals surface area contributed by atoms with Crippen LogP contribution in [-0.4, -0.2) is 50.5 Å². The summed E-state index contributed by atoms with van der Waals surface area (Å²) < 4.78 is 7.26. The zero-order chi connectivity index (χ0) is 24.2. The van der Waals surface area contributed by atoms with Crippen molar-refractivity contribution in [3.8, 4) is 0 Å². The highest BCUT2D eigenvalue weighted by molar-refractivity contribution is 6.30. The number of aromatic nitrogens is 2. The molecular formula is C25H27ClN4O4. The summed E-state index contributed by atoms with van der Waals surface area (Å²) in [6.45, 7) is 6.68. The van der Waals surface area contributed by atoms with E-state index in [9.17, 15) is 14.7 Å². The van der Waals surface area contributed by atoms with Crippen molar-refractivity contribution in [3.05, 3.63) is 58.4 Å². The van der Waals surface area contributed by atoms with Gasteiger partial charge in [0.15, 0.2) is 5.15 Å². The number of benzene rings is 2. The maximum atomic E-state index is 12.3. The lowest BCUT2D eigenvalue weighted by atomic mass is 9.95. The first-order chi connectivity index (χ1) is 16.1. The first-order valence-electron chi connectivity index (χ1n) is 11.4. The molecule has 0 bridgehead atoms. The summed E-state index contributed by atoms with van der Waals surface area (Å²) in [5, 5.41) is 20.4. The third-order valence-electron chi connectivity index (χ3n) is 6.36. The predicted octanol–water partition coefficient (Wildman–Crippen LogP) is 4.91. The Balaban J connectivity index is 1.36. The number of amides is 2. The Morgan fingerprint density at radius 3 is 2.65 bits per heavy atom. The van der Waals surface area contributed by atoms with E-state index in [1.807, 2.05) is 39.0 Å². The standard InChI is InChI=1S/C25H27ClN4O4/c1-25(2,3)34-24(33)29-11-9-14(10-12-29)30-13-18(22(26)28-30)21(31)16-7-8-19-20-15(16)5-4-6-17(20)23(32)27-19/h4-8,13-14,21,31H,9-12H2,1-3H3,(H,27,32). The Bertz CT molecular complexity index is 1290. The third kappa shape index (κ3) is 4.01. The molecule has 178 valence electrons. The number of hydrogen-bond donors (Lipinski definition) is 2. The SMILES string of the molecule is CC(C)(C)OC(=O)N1CCC(n2cc(C(O)c3ccc4c5c(cccc35)C(=O)N4)c(Cl)n2)CC1. The number of aliphatic hydroxyl groups excluding tert-OH is 1. The Labute approximate surface area is 202 Å². The number of hydrogen-bond acceptors (Lipinski definition) is 5. The minimum atomic E-state index is -0.997. The Hall–Kier alpha value is -3.10. The number of rotatable bonds is 3. The van der Waals surface area contributed by atoms with Gasteiger partial charge in [-0.15, -0.1) is 0 Å². The van der Waals surface area contributed by atoms with Crippen LogP contribution in [0.25, 0.3) is 10.8 Å². The molecule has 0 saturated carbocycles. The minimum absolute atomic E-state index is 0.0618. The molecule has 2 amide bonds. The molecule has 3 aromatic rings. The van der Waals surface area contributed by atoms with E-state index in [0.717, 1.165) is 16.5 Å². The van der Waals surface area contributed by atoms with E-state index < -0.39 is 11.7 Å². The molecule has 1 saturated heterocycles. The van der Waals surface area contributed by atoms with Crippen molar-refractivity contribution < 1.29 is 19.4 Å². The summed E-state index contributed by atoms with van der Waals surface area (Å²) in [7, 11) is 0. The van der Waals surface area contributed by atoms with Crippen LogP contribution >= 0.6 is 11.6 Å². The Morgan fingerprint density at radius 1 is 1.21 bits per heavy atom. The van der Waals surface area contributed by atoms with Gasteiger partial charge in [0, 0.05) is 41.5 Å². The van der Waals surface area contributed by atoms with Crippen molar-refractivity contribution in [2.24, 2.45) is 0 Å². The van der Waals surface area contributed by atoms with Crippen LogP contribution in [0.3, 0.4) is 0 Å². The van der Waals surface area contributed by atoms with Crippen LogP contribution in [0.5, 0.6) is 0 Å². The number of nitrogens with zero attached hydrogens (tertiary/aromatic N) is 3. The zero-order valence-corrected chi connectivity index (χ0v) is 20.1. The second-order valence-electron chi connectivity index (χ2n) is 9.84. The molecule has 2 aromatic carbocycles. The quantitative estimate of drug-likeness (QED) is 0.553. The van der Waals surface area contributed by atoms with E-state index in [2.05, 4.69) is 10.4 Å². The van der Waals surface area contributed by atoms with Crippen LogP contribution in [0, 0.1) is 0 Å². The molecule has 0 aliphatic carbocycles. The minimum Gasteiger partial charge on any atom is -0.444 e. The fraction of sp³-hybridized carbons (Fsp3) is 0.400. The van der Waals surface area contributed by atoms with Gasteiger partial charge in [0.2, 0.25) is 0 Å². The number of halogens is 1. The summed E-state index contributed by atoms with van der Waals surface area (Å²) >= 11 is 6.47. The van der Waals surface area contributed by atoms with Gasteiger partial charge in [0.25, 0.3) is 5.91 Å². The first-order valence-corrected chi connectivity index (χ1v) is 11.8. The topological polar surface area (TPSA) is 96.7 Å². The van der Waals surface area contributed by atoms with Crippen molar-refractivity contribution in [1.29, 1.82) is 0 Å². The summed E-state index contributed by atoms with van der Waals surface area (Å²) in [6.07, 6.45) is 1.90. The molecule has 5 rings (SSSR count). The highest BCUT2D eigenvalue weighted by Crippen LogP contribution is 2.39. The van der Waals surface area contributed by atoms with Gasteiger partial charge in [-0.3, -0.25) is 9.48 Å². The highest BCUT2D eigenvalue weighted by Gasteiger charge is 2.30. The van der Waals surface area contributed by atoms with Crippen molar-refractivity contribution in [2.45, 2.75) is 51.4 Å². The van der Waals surface area contributed by atoms with Crippen molar-refractivity contribution >= 4 is 40.1 Å². The number of ether oxygens (including phenoxy) is 1. The van der Waals surface area contributed by atoms with Crippen LogP contribution < -0.4 is 5.32 Å². The van der Waals surface area contributed by atoms with Crippen LogP contribution in [0.4, 0.5) is 10.5 Å². The normalized spacial score (nSPS) is 17.2. The van der Waals surface area contributed by atoms with Crippen molar-refractivity contribution in [1.82, 2.24) is 14.7 Å². The monoisotopic (exact) mass is 482 g/mol. The molecule has 1 atom stereocenters. The van der Waals surface area contributed by atoms with Gasteiger partial charge in [-0.2, -0.15) is 5.10 Å². The van der Waals surface area contributed by atoms with E-state index in [-0.39, 0.29) is 23.2 Å². The lowest BCUT2D eigenvalue weighted by Crippen LogP contribution is -2.42. The molecule has 0 spiro atoms. The predicted molar refractivity (Wildman–Crippen MR) is 129 cm³/mol. The van der Waals surface area contributed by atoms with E-state index >= 15 is 0 Å². The first kappa shape index (κ1) is 22.7. The molecule has 2 aliphatic rings. The number of nitrogens with one attached hydrogen (secondary N) is 1. The van der Waals surface area contributed by atoms with Gasteiger partial charge >= 0.3 is 6.09 Å². The molecule has 2 N–H and O–H groups in total. The van der Waals surface area contributed by atoms with E-state index in [1.165, 1.54) is 0 Å². The second kappa shape index (κ2) is 8.29. The molecule has 0 radical (unpaired) electrons. The average molecular weight is 483 g/mol. The number of likely N-dealkylation sites (tertiary alicyclic amines) is 1. The molecular weight excluding hydrogens is 456 g/mol. The number of carbonyl (C=O) groups is 2. The number of piperidine rings is 1. The maximum Gasteiger partial charge on any atom is 0.410 e. The fourth-order valence-electron chi connectivity index (χ4n) is 4.71. The van der Waals surface area contributed by atoms with Gasteiger partial charge in [0.05, 0.1) is 6.04 Å². The second-order valence-corrected chi connectivity index (χ2v) is 10.2. The largest absolute Gasteiger partial charge is 0.444 e. The highest BCUT2D eigenvalue weighted by atomic mass is 35.5. The lowest BCUT2D eigenvalue weighted by Gasteiger charge is -2.33. The van der Waals surface area contributed by atoms with Gasteiger partial charge in [-0.05, 0) is 56.7 Å². The van der Waals surface area contributed by atoms with E-state index in [0.29, 0.717) is 42.6 Å². The summed E-state index contributed by atoms with van der Waals surface area (Å²) in [4.78, 5) is 26.3. The number of anilines is 1. The Kier molecular flexibility index (Phi) is 5.53. The van der Waals surface area contributed by atoms with Crippen LogP contribution in [0.2, 0.25) is 5.15 Å². The smallest absolute Gasteiger partial charge is 0.410 e. The average Bonchev–Trinajstić information content (AvgIpc) is 3.34. The van der Waals surface area contributed by atoms with E-state index in [4.69, 9.17) is 16.3 Å². The summed E-state index contributed by atoms with van der Waals surface area (Å²) in [5.74, 6) is -0.143.